The van der Waals surface area contributed by atoms with Gasteiger partial charge in [-0.15, -0.1) is 0 Å². The summed E-state index contributed by atoms with van der Waals surface area (Å²) >= 11 is 0. The molecule has 1 aliphatic carbocycles. The van der Waals surface area contributed by atoms with E-state index in [0.717, 1.165) is 0 Å². The molecule has 9 nitrogen and oxygen atoms in total. The third-order valence-corrected chi connectivity index (χ3v) is 8.12. The summed E-state index contributed by atoms with van der Waals surface area (Å²) in [6.45, 7) is 0.931. The van der Waals surface area contributed by atoms with Crippen LogP contribution in [0.3, 0.4) is 0 Å². The zero-order valence-electron chi connectivity index (χ0n) is 13.8. The zero-order valence-corrected chi connectivity index (χ0v) is 15.4. The SMILES string of the molecule is CN(Cc1nc(C2CCN(S(C)(=O)=O)CC2)no1)S(=O)(=O)C1CC1. The highest BCUT2D eigenvalue weighted by molar-refractivity contribution is 7.90. The Labute approximate surface area is 142 Å². The summed E-state index contributed by atoms with van der Waals surface area (Å²) in [6, 6.07) is 0. The summed E-state index contributed by atoms with van der Waals surface area (Å²) < 4.78 is 55.1. The van der Waals surface area contributed by atoms with Crippen LogP contribution in [-0.4, -0.2) is 67.2 Å². The topological polar surface area (TPSA) is 114 Å². The highest BCUT2D eigenvalue weighted by Gasteiger charge is 2.39. The van der Waals surface area contributed by atoms with Crippen molar-refractivity contribution in [3.05, 3.63) is 11.7 Å². The smallest absolute Gasteiger partial charge is 0.241 e. The predicted octanol–water partition coefficient (Wildman–Crippen LogP) is 0.133. The van der Waals surface area contributed by atoms with Crippen LogP contribution < -0.4 is 0 Å². The molecule has 1 saturated heterocycles. The van der Waals surface area contributed by atoms with E-state index in [1.807, 2.05) is 0 Å². The fourth-order valence-corrected chi connectivity index (χ4v) is 5.25. The molecule has 2 aliphatic rings. The van der Waals surface area contributed by atoms with Gasteiger partial charge >= 0.3 is 0 Å². The van der Waals surface area contributed by atoms with Crippen molar-refractivity contribution in [1.29, 1.82) is 0 Å². The molecule has 0 unspecified atom stereocenters. The second kappa shape index (κ2) is 6.36. The summed E-state index contributed by atoms with van der Waals surface area (Å²) in [6.07, 6.45) is 3.88. The van der Waals surface area contributed by atoms with Crippen LogP contribution in [0.15, 0.2) is 4.52 Å². The molecule has 136 valence electrons. The lowest BCUT2D eigenvalue weighted by atomic mass is 9.98. The average Bonchev–Trinajstić information content (AvgIpc) is 3.28. The first-order chi connectivity index (χ1) is 11.2. The molecular weight excluding hydrogens is 356 g/mol. The first-order valence-electron chi connectivity index (χ1n) is 7.90. The van der Waals surface area contributed by atoms with E-state index in [2.05, 4.69) is 10.1 Å². The standard InChI is InChI=1S/C13H22N4O5S2/c1-16(24(20,21)11-3-4-11)9-12-14-13(15-22-12)10-5-7-17(8-6-10)23(2,18)19/h10-11H,3-9H2,1-2H3. The van der Waals surface area contributed by atoms with Crippen LogP contribution in [0.25, 0.3) is 0 Å². The minimum atomic E-state index is -3.27. The number of sulfonamides is 2. The highest BCUT2D eigenvalue weighted by atomic mass is 32.2. The van der Waals surface area contributed by atoms with Crippen LogP contribution in [0.4, 0.5) is 0 Å². The third-order valence-electron chi connectivity index (χ3n) is 4.51. The van der Waals surface area contributed by atoms with E-state index in [1.54, 1.807) is 0 Å². The highest BCUT2D eigenvalue weighted by Crippen LogP contribution is 2.31. The molecule has 0 amide bonds. The third kappa shape index (κ3) is 3.79. The second-order valence-electron chi connectivity index (χ2n) is 6.48. The van der Waals surface area contributed by atoms with Gasteiger partial charge in [0, 0.05) is 26.1 Å². The van der Waals surface area contributed by atoms with Crippen LogP contribution in [0.2, 0.25) is 0 Å². The number of rotatable bonds is 6. The molecule has 0 spiro atoms. The Hall–Kier alpha value is -1.04. The summed E-state index contributed by atoms with van der Waals surface area (Å²) in [5.74, 6) is 0.823. The number of piperidine rings is 1. The summed E-state index contributed by atoms with van der Waals surface area (Å²) in [7, 11) is -4.92. The molecule has 0 aromatic carbocycles. The monoisotopic (exact) mass is 378 g/mol. The van der Waals surface area contributed by atoms with E-state index in [-0.39, 0.29) is 23.6 Å². The minimum Gasteiger partial charge on any atom is -0.338 e. The molecule has 2 fully saturated rings. The van der Waals surface area contributed by atoms with E-state index in [4.69, 9.17) is 4.52 Å². The zero-order chi connectivity index (χ0) is 17.5. The van der Waals surface area contributed by atoms with Gasteiger partial charge in [-0.3, -0.25) is 0 Å². The molecule has 0 N–H and O–H groups in total. The number of aromatic nitrogens is 2. The van der Waals surface area contributed by atoms with Crippen LogP contribution in [-0.2, 0) is 26.6 Å². The molecule has 24 heavy (non-hydrogen) atoms. The van der Waals surface area contributed by atoms with Crippen molar-refractivity contribution in [2.45, 2.75) is 43.4 Å². The fraction of sp³-hybridized carbons (Fsp3) is 0.846. The van der Waals surface area contributed by atoms with Crippen molar-refractivity contribution >= 4 is 20.0 Å². The van der Waals surface area contributed by atoms with Crippen molar-refractivity contribution < 1.29 is 21.4 Å². The van der Waals surface area contributed by atoms with Gasteiger partial charge < -0.3 is 4.52 Å². The molecule has 3 rings (SSSR count). The van der Waals surface area contributed by atoms with Crippen LogP contribution >= 0.6 is 0 Å². The summed E-state index contributed by atoms with van der Waals surface area (Å²) in [5, 5.41) is 3.67. The fourth-order valence-electron chi connectivity index (χ4n) is 2.84. The van der Waals surface area contributed by atoms with Gasteiger partial charge in [0.2, 0.25) is 25.9 Å². The molecule has 1 aromatic heterocycles. The quantitative estimate of drug-likeness (QED) is 0.691. The number of hydrogen-bond donors (Lipinski definition) is 0. The van der Waals surface area contributed by atoms with Crippen molar-refractivity contribution in [2.75, 3.05) is 26.4 Å². The van der Waals surface area contributed by atoms with Crippen LogP contribution in [0.1, 0.15) is 43.3 Å². The summed E-state index contributed by atoms with van der Waals surface area (Å²) in [5.41, 5.74) is 0. The van der Waals surface area contributed by atoms with Crippen molar-refractivity contribution in [2.24, 2.45) is 0 Å². The van der Waals surface area contributed by atoms with Gasteiger partial charge in [-0.05, 0) is 25.7 Å². The van der Waals surface area contributed by atoms with Gasteiger partial charge in [-0.2, -0.15) is 9.29 Å². The van der Waals surface area contributed by atoms with E-state index in [1.165, 1.54) is 21.9 Å². The Kier molecular flexibility index (Phi) is 4.71. The Morgan fingerprint density at radius 3 is 2.33 bits per heavy atom. The lowest BCUT2D eigenvalue weighted by Crippen LogP contribution is -2.37. The Bertz CT molecular complexity index is 792. The molecule has 1 aliphatic heterocycles. The molecule has 1 saturated carbocycles. The number of nitrogens with zero attached hydrogens (tertiary/aromatic N) is 4. The first-order valence-corrected chi connectivity index (χ1v) is 11.3. The molecule has 11 heteroatoms. The number of hydrogen-bond acceptors (Lipinski definition) is 7. The van der Waals surface area contributed by atoms with Gasteiger partial charge in [0.25, 0.3) is 0 Å². The lowest BCUT2D eigenvalue weighted by molar-refractivity contribution is 0.302. The maximum atomic E-state index is 12.1. The van der Waals surface area contributed by atoms with Gasteiger partial charge in [0.15, 0.2) is 5.82 Å². The first kappa shape index (κ1) is 17.8. The van der Waals surface area contributed by atoms with Crippen molar-refractivity contribution in [1.82, 2.24) is 18.8 Å². The summed E-state index contributed by atoms with van der Waals surface area (Å²) in [4.78, 5) is 4.30. The van der Waals surface area contributed by atoms with E-state index in [0.29, 0.717) is 44.6 Å². The van der Waals surface area contributed by atoms with E-state index >= 15 is 0 Å². The minimum absolute atomic E-state index is 0.0332. The predicted molar refractivity (Wildman–Crippen MR) is 86.1 cm³/mol. The molecule has 0 bridgehead atoms. The second-order valence-corrected chi connectivity index (χ2v) is 10.8. The van der Waals surface area contributed by atoms with Gasteiger partial charge in [0.05, 0.1) is 18.1 Å². The largest absolute Gasteiger partial charge is 0.338 e. The van der Waals surface area contributed by atoms with E-state index < -0.39 is 20.0 Å². The van der Waals surface area contributed by atoms with Gasteiger partial charge in [-0.1, -0.05) is 5.16 Å². The molecule has 0 radical (unpaired) electrons. The normalized spacial score (nSPS) is 21.5. The molecule has 0 atom stereocenters. The Balaban J connectivity index is 1.60. The van der Waals surface area contributed by atoms with Crippen molar-refractivity contribution in [3.8, 4) is 0 Å². The maximum Gasteiger partial charge on any atom is 0.241 e. The Morgan fingerprint density at radius 1 is 1.17 bits per heavy atom. The van der Waals surface area contributed by atoms with Gasteiger partial charge in [0.1, 0.15) is 0 Å². The van der Waals surface area contributed by atoms with Crippen LogP contribution in [0, 0.1) is 0 Å². The van der Waals surface area contributed by atoms with Gasteiger partial charge in [-0.25, -0.2) is 21.1 Å². The average molecular weight is 378 g/mol. The van der Waals surface area contributed by atoms with Crippen molar-refractivity contribution in [3.63, 3.8) is 0 Å². The molecule has 2 heterocycles. The maximum absolute atomic E-state index is 12.1. The van der Waals surface area contributed by atoms with Crippen LogP contribution in [0.5, 0.6) is 0 Å². The Morgan fingerprint density at radius 2 is 1.79 bits per heavy atom. The molecular formula is C13H22N4O5S2. The van der Waals surface area contributed by atoms with E-state index in [9.17, 15) is 16.8 Å². The lowest BCUT2D eigenvalue weighted by Gasteiger charge is -2.28. The molecule has 1 aromatic rings.